The molecular formula is C11H11N5O2. The Hall–Kier alpha value is -2.70. The summed E-state index contributed by atoms with van der Waals surface area (Å²) in [6, 6.07) is 1.77. The van der Waals surface area contributed by atoms with Gasteiger partial charge in [0.15, 0.2) is 0 Å². The zero-order valence-electron chi connectivity index (χ0n) is 9.32. The summed E-state index contributed by atoms with van der Waals surface area (Å²) in [4.78, 5) is 21.1. The molecule has 92 valence electrons. The molecule has 3 heterocycles. The third-order valence-corrected chi connectivity index (χ3v) is 2.81. The quantitative estimate of drug-likeness (QED) is 0.493. The molecule has 0 aliphatic carbocycles. The van der Waals surface area contributed by atoms with Crippen LogP contribution >= 0.6 is 0 Å². The van der Waals surface area contributed by atoms with Gasteiger partial charge in [-0.25, -0.2) is 0 Å². The fraction of sp³-hybridized carbons (Fsp3) is 0.0909. The number of aromatic amines is 2. The molecule has 1 aliphatic heterocycles. The van der Waals surface area contributed by atoms with Gasteiger partial charge in [0.2, 0.25) is 11.8 Å². The highest BCUT2D eigenvalue weighted by Gasteiger charge is 2.22. The minimum absolute atomic E-state index is 0.129. The minimum atomic E-state index is -0.187. The lowest BCUT2D eigenvalue weighted by atomic mass is 10.0. The second-order valence-electron chi connectivity index (χ2n) is 3.91. The molecule has 0 atom stereocenters. The number of aromatic hydroxyl groups is 1. The Labute approximate surface area is 102 Å². The average Bonchev–Trinajstić information content (AvgIpc) is 2.88. The fourth-order valence-corrected chi connectivity index (χ4v) is 2.03. The number of nitrogens with two attached hydrogens (primary N) is 1. The van der Waals surface area contributed by atoms with E-state index >= 15 is 0 Å². The third-order valence-electron chi connectivity index (χ3n) is 2.81. The number of fused-ring (bicyclic) bond motifs is 1. The van der Waals surface area contributed by atoms with E-state index in [1.807, 2.05) is 0 Å². The summed E-state index contributed by atoms with van der Waals surface area (Å²) < 4.78 is 0. The Kier molecular flexibility index (Phi) is 2.12. The first-order chi connectivity index (χ1) is 8.66. The summed E-state index contributed by atoms with van der Waals surface area (Å²) in [5, 5.41) is 12.4. The Bertz CT molecular complexity index is 652. The normalized spacial score (nSPS) is 14.7. The largest absolute Gasteiger partial charge is 0.492 e. The maximum Gasteiger partial charge on any atom is 0.268 e. The van der Waals surface area contributed by atoms with Crippen molar-refractivity contribution in [1.82, 2.24) is 20.3 Å². The van der Waals surface area contributed by atoms with Crippen LogP contribution < -0.4 is 11.1 Å². The van der Waals surface area contributed by atoms with Crippen molar-refractivity contribution in [1.29, 1.82) is 0 Å². The molecule has 0 bridgehead atoms. The number of carbonyl (C=O) groups excluding carboxylic acids is 1. The molecule has 18 heavy (non-hydrogen) atoms. The van der Waals surface area contributed by atoms with Crippen molar-refractivity contribution in [3.8, 4) is 5.88 Å². The number of nitrogens with one attached hydrogen (secondary N) is 3. The summed E-state index contributed by atoms with van der Waals surface area (Å²) >= 11 is 0. The molecule has 7 nitrogen and oxygen atoms in total. The molecule has 0 saturated heterocycles. The van der Waals surface area contributed by atoms with Gasteiger partial charge < -0.3 is 26.1 Å². The SMILES string of the molecule is Nc1nc(O)c(C2=CCNC(=O)c3[nH]ccc32)[nH]1. The zero-order chi connectivity index (χ0) is 12.7. The van der Waals surface area contributed by atoms with Crippen LogP contribution in [-0.2, 0) is 0 Å². The van der Waals surface area contributed by atoms with Crippen LogP contribution in [0.25, 0.3) is 5.57 Å². The number of aromatic nitrogens is 3. The van der Waals surface area contributed by atoms with E-state index in [0.29, 0.717) is 29.1 Å². The maximum atomic E-state index is 11.7. The number of imidazole rings is 1. The second-order valence-corrected chi connectivity index (χ2v) is 3.91. The Morgan fingerprint density at radius 2 is 2.22 bits per heavy atom. The maximum absolute atomic E-state index is 11.7. The second kappa shape index (κ2) is 3.66. The van der Waals surface area contributed by atoms with E-state index in [0.717, 1.165) is 0 Å². The molecular weight excluding hydrogens is 234 g/mol. The smallest absolute Gasteiger partial charge is 0.268 e. The molecule has 7 heteroatoms. The number of nitrogen functional groups attached to an aromatic ring is 1. The van der Waals surface area contributed by atoms with Crippen molar-refractivity contribution in [2.75, 3.05) is 12.3 Å². The lowest BCUT2D eigenvalue weighted by molar-refractivity contribution is 0.0954. The molecule has 0 radical (unpaired) electrons. The van der Waals surface area contributed by atoms with E-state index in [1.165, 1.54) is 0 Å². The van der Waals surface area contributed by atoms with Crippen LogP contribution in [0.15, 0.2) is 18.3 Å². The van der Waals surface area contributed by atoms with E-state index in [-0.39, 0.29) is 17.7 Å². The zero-order valence-corrected chi connectivity index (χ0v) is 9.32. The van der Waals surface area contributed by atoms with Gasteiger partial charge in [0.1, 0.15) is 11.4 Å². The van der Waals surface area contributed by atoms with Crippen LogP contribution in [0, 0.1) is 0 Å². The number of nitrogens with zero attached hydrogens (tertiary/aromatic N) is 1. The van der Waals surface area contributed by atoms with Gasteiger partial charge in [-0.15, -0.1) is 0 Å². The van der Waals surface area contributed by atoms with Crippen molar-refractivity contribution >= 4 is 17.4 Å². The Morgan fingerprint density at radius 3 is 2.94 bits per heavy atom. The molecule has 1 amide bonds. The van der Waals surface area contributed by atoms with Crippen molar-refractivity contribution in [2.45, 2.75) is 0 Å². The molecule has 0 unspecified atom stereocenters. The number of amides is 1. The van der Waals surface area contributed by atoms with E-state index in [9.17, 15) is 9.90 Å². The summed E-state index contributed by atoms with van der Waals surface area (Å²) in [6.45, 7) is 0.370. The van der Waals surface area contributed by atoms with Crippen molar-refractivity contribution in [3.63, 3.8) is 0 Å². The predicted octanol–water partition coefficient (Wildman–Crippen LogP) is 0.201. The highest BCUT2D eigenvalue weighted by Crippen LogP contribution is 2.31. The van der Waals surface area contributed by atoms with E-state index < -0.39 is 0 Å². The number of H-pyrrole nitrogens is 2. The molecule has 2 aromatic rings. The first-order valence-electron chi connectivity index (χ1n) is 5.37. The van der Waals surface area contributed by atoms with Gasteiger partial charge in [-0.2, -0.15) is 4.98 Å². The minimum Gasteiger partial charge on any atom is -0.492 e. The lowest BCUT2D eigenvalue weighted by Crippen LogP contribution is -2.22. The lowest BCUT2D eigenvalue weighted by Gasteiger charge is -2.03. The molecule has 0 spiro atoms. The van der Waals surface area contributed by atoms with Crippen LogP contribution in [0.1, 0.15) is 21.7 Å². The van der Waals surface area contributed by atoms with Gasteiger partial charge >= 0.3 is 0 Å². The summed E-state index contributed by atoms with van der Waals surface area (Å²) in [5.74, 6) is -0.238. The van der Waals surface area contributed by atoms with Gasteiger partial charge in [0.05, 0.1) is 0 Å². The standard InChI is InChI=1S/C11H11N5O2/c12-11-15-8(10(18)16-11)6-2-4-14-9(17)7-5(6)1-3-13-7/h1-3,13,18H,4H2,(H,14,17)(H3,12,15,16). The van der Waals surface area contributed by atoms with E-state index in [2.05, 4.69) is 20.3 Å². The van der Waals surface area contributed by atoms with Gasteiger partial charge in [0.25, 0.3) is 5.91 Å². The molecule has 0 aromatic carbocycles. The van der Waals surface area contributed by atoms with Crippen LogP contribution in [0.5, 0.6) is 5.88 Å². The Balaban J connectivity index is 2.18. The summed E-state index contributed by atoms with van der Waals surface area (Å²) in [7, 11) is 0. The molecule has 0 saturated carbocycles. The average molecular weight is 245 g/mol. The van der Waals surface area contributed by atoms with Crippen molar-refractivity contribution in [3.05, 3.63) is 35.3 Å². The van der Waals surface area contributed by atoms with E-state index in [1.54, 1.807) is 18.3 Å². The van der Waals surface area contributed by atoms with Crippen LogP contribution in [0.3, 0.4) is 0 Å². The number of anilines is 1. The first-order valence-corrected chi connectivity index (χ1v) is 5.37. The van der Waals surface area contributed by atoms with Gasteiger partial charge in [0, 0.05) is 23.9 Å². The van der Waals surface area contributed by atoms with Crippen LogP contribution in [0.4, 0.5) is 5.95 Å². The Morgan fingerprint density at radius 1 is 1.39 bits per heavy atom. The van der Waals surface area contributed by atoms with Crippen LogP contribution in [-0.4, -0.2) is 32.5 Å². The molecule has 3 rings (SSSR count). The topological polar surface area (TPSA) is 120 Å². The summed E-state index contributed by atoms with van der Waals surface area (Å²) in [5.41, 5.74) is 7.75. The highest BCUT2D eigenvalue weighted by atomic mass is 16.3. The molecule has 1 aliphatic rings. The number of hydrogen-bond acceptors (Lipinski definition) is 4. The number of rotatable bonds is 1. The monoisotopic (exact) mass is 245 g/mol. The number of carbonyl (C=O) groups is 1. The highest BCUT2D eigenvalue weighted by molar-refractivity contribution is 6.01. The molecule has 2 aromatic heterocycles. The van der Waals surface area contributed by atoms with Gasteiger partial charge in [-0.3, -0.25) is 4.79 Å². The third kappa shape index (κ3) is 1.45. The predicted molar refractivity (Wildman–Crippen MR) is 64.9 cm³/mol. The van der Waals surface area contributed by atoms with Gasteiger partial charge in [-0.05, 0) is 6.07 Å². The molecule has 0 fully saturated rings. The van der Waals surface area contributed by atoms with E-state index in [4.69, 9.17) is 5.73 Å². The van der Waals surface area contributed by atoms with Gasteiger partial charge in [-0.1, -0.05) is 6.08 Å². The molecule has 6 N–H and O–H groups in total. The van der Waals surface area contributed by atoms with Crippen molar-refractivity contribution in [2.24, 2.45) is 0 Å². The van der Waals surface area contributed by atoms with Crippen LogP contribution in [0.2, 0.25) is 0 Å². The summed E-state index contributed by atoms with van der Waals surface area (Å²) in [6.07, 6.45) is 3.46. The fourth-order valence-electron chi connectivity index (χ4n) is 2.03. The first kappa shape index (κ1) is 10.5. The number of hydrogen-bond donors (Lipinski definition) is 5. The van der Waals surface area contributed by atoms with Crippen molar-refractivity contribution < 1.29 is 9.90 Å².